The molecule has 0 aromatic heterocycles. The number of ether oxygens (including phenoxy) is 2. The van der Waals surface area contributed by atoms with Gasteiger partial charge in [0.05, 0.1) is 0 Å². The van der Waals surface area contributed by atoms with Crippen molar-refractivity contribution < 1.29 is 19.1 Å². The molecule has 0 aromatic carbocycles. The molecule has 0 rings (SSSR count). The number of allylic oxidation sites excluding steroid dienone is 2. The standard InChI is InChI=1S/C15H24O4/c1-12(2)8-10-18-14(16)6-5-7-15(17)19-11-9-13(3)4/h8-9H,5-7,10-11H2,1-4H3. The summed E-state index contributed by atoms with van der Waals surface area (Å²) in [6.45, 7) is 8.36. The monoisotopic (exact) mass is 268 g/mol. The Labute approximate surface area is 115 Å². The van der Waals surface area contributed by atoms with E-state index < -0.39 is 0 Å². The molecule has 108 valence electrons. The summed E-state index contributed by atoms with van der Waals surface area (Å²) in [7, 11) is 0. The second-order valence-corrected chi connectivity index (χ2v) is 4.78. The molecule has 0 aromatic rings. The highest BCUT2D eigenvalue weighted by Gasteiger charge is 2.06. The van der Waals surface area contributed by atoms with Gasteiger partial charge in [-0.2, -0.15) is 0 Å². The second-order valence-electron chi connectivity index (χ2n) is 4.78. The molecule has 0 saturated carbocycles. The van der Waals surface area contributed by atoms with Gasteiger partial charge in [0.25, 0.3) is 0 Å². The third kappa shape index (κ3) is 12.7. The molecule has 0 fully saturated rings. The first-order valence-electron chi connectivity index (χ1n) is 6.49. The summed E-state index contributed by atoms with van der Waals surface area (Å²) in [6.07, 6.45) is 4.63. The van der Waals surface area contributed by atoms with Gasteiger partial charge < -0.3 is 9.47 Å². The maximum atomic E-state index is 11.3. The first-order valence-corrected chi connectivity index (χ1v) is 6.49. The van der Waals surface area contributed by atoms with Crippen molar-refractivity contribution in [2.45, 2.75) is 47.0 Å². The lowest BCUT2D eigenvalue weighted by Gasteiger charge is -2.03. The van der Waals surface area contributed by atoms with E-state index in [1.54, 1.807) is 0 Å². The van der Waals surface area contributed by atoms with Gasteiger partial charge in [0.15, 0.2) is 0 Å². The predicted molar refractivity (Wildman–Crippen MR) is 74.6 cm³/mol. The summed E-state index contributed by atoms with van der Waals surface area (Å²) < 4.78 is 9.94. The summed E-state index contributed by atoms with van der Waals surface area (Å²) in [5.74, 6) is -0.566. The summed E-state index contributed by atoms with van der Waals surface area (Å²) in [5, 5.41) is 0. The Kier molecular flexibility index (Phi) is 9.49. The molecule has 4 nitrogen and oxygen atoms in total. The fourth-order valence-corrected chi connectivity index (χ4v) is 1.12. The summed E-state index contributed by atoms with van der Waals surface area (Å²) in [5.41, 5.74) is 2.21. The van der Waals surface area contributed by atoms with E-state index in [-0.39, 0.29) is 24.8 Å². The van der Waals surface area contributed by atoms with E-state index >= 15 is 0 Å². The van der Waals surface area contributed by atoms with E-state index in [1.807, 2.05) is 39.8 Å². The van der Waals surface area contributed by atoms with Crippen LogP contribution in [-0.4, -0.2) is 25.2 Å². The fourth-order valence-electron chi connectivity index (χ4n) is 1.12. The molecular weight excluding hydrogens is 244 g/mol. The molecule has 0 bridgehead atoms. The van der Waals surface area contributed by atoms with Crippen LogP contribution in [0.1, 0.15) is 47.0 Å². The highest BCUT2D eigenvalue weighted by molar-refractivity contribution is 5.72. The first-order chi connectivity index (χ1) is 8.91. The molecule has 0 aliphatic carbocycles. The molecule has 0 N–H and O–H groups in total. The molecule has 0 aliphatic rings. The normalized spacial score (nSPS) is 9.47. The molecule has 4 heteroatoms. The minimum Gasteiger partial charge on any atom is -0.461 e. The Bertz CT molecular complexity index is 311. The zero-order valence-corrected chi connectivity index (χ0v) is 12.3. The van der Waals surface area contributed by atoms with Crippen molar-refractivity contribution in [1.82, 2.24) is 0 Å². The molecule has 0 unspecified atom stereocenters. The fraction of sp³-hybridized carbons (Fsp3) is 0.600. The SMILES string of the molecule is CC(C)=CCOC(=O)CCCC(=O)OCC=C(C)C. The van der Waals surface area contributed by atoms with E-state index in [0.717, 1.165) is 11.1 Å². The molecule has 0 heterocycles. The molecule has 0 amide bonds. The smallest absolute Gasteiger partial charge is 0.306 e. The van der Waals surface area contributed by atoms with Crippen LogP contribution in [0.5, 0.6) is 0 Å². The summed E-state index contributed by atoms with van der Waals surface area (Å²) in [6, 6.07) is 0. The van der Waals surface area contributed by atoms with Crippen molar-refractivity contribution in [2.75, 3.05) is 13.2 Å². The third-order valence-electron chi connectivity index (χ3n) is 2.23. The number of hydrogen-bond acceptors (Lipinski definition) is 4. The highest BCUT2D eigenvalue weighted by Crippen LogP contribution is 2.01. The second kappa shape index (κ2) is 10.4. The molecular formula is C15H24O4. The predicted octanol–water partition coefficient (Wildman–Crippen LogP) is 3.18. The van der Waals surface area contributed by atoms with Crippen molar-refractivity contribution in [2.24, 2.45) is 0 Å². The number of carbonyl (C=O) groups excluding carboxylic acids is 2. The number of esters is 2. The van der Waals surface area contributed by atoms with E-state index in [0.29, 0.717) is 19.6 Å². The third-order valence-corrected chi connectivity index (χ3v) is 2.23. The average molecular weight is 268 g/mol. The Balaban J connectivity index is 3.61. The largest absolute Gasteiger partial charge is 0.461 e. The van der Waals surface area contributed by atoms with Crippen LogP contribution in [0.4, 0.5) is 0 Å². The minimum atomic E-state index is -0.283. The molecule has 0 saturated heterocycles. The topological polar surface area (TPSA) is 52.6 Å². The van der Waals surface area contributed by atoms with Crippen LogP contribution in [0, 0.1) is 0 Å². The summed E-state index contributed by atoms with van der Waals surface area (Å²) >= 11 is 0. The van der Waals surface area contributed by atoms with Gasteiger partial charge in [0.2, 0.25) is 0 Å². The van der Waals surface area contributed by atoms with Crippen LogP contribution in [0.15, 0.2) is 23.3 Å². The van der Waals surface area contributed by atoms with Crippen LogP contribution >= 0.6 is 0 Å². The summed E-state index contributed by atoms with van der Waals surface area (Å²) in [4.78, 5) is 22.6. The molecule has 0 radical (unpaired) electrons. The number of hydrogen-bond donors (Lipinski definition) is 0. The van der Waals surface area contributed by atoms with E-state index in [2.05, 4.69) is 0 Å². The number of carbonyl (C=O) groups is 2. The van der Waals surface area contributed by atoms with Crippen LogP contribution in [0.25, 0.3) is 0 Å². The van der Waals surface area contributed by atoms with Crippen LogP contribution in [0.2, 0.25) is 0 Å². The van der Waals surface area contributed by atoms with Gasteiger partial charge in [-0.15, -0.1) is 0 Å². The lowest BCUT2D eigenvalue weighted by molar-refractivity contribution is -0.144. The maximum absolute atomic E-state index is 11.3. The van der Waals surface area contributed by atoms with Crippen molar-refractivity contribution in [3.05, 3.63) is 23.3 Å². The Morgan fingerprint density at radius 3 is 1.47 bits per heavy atom. The average Bonchev–Trinajstić information content (AvgIpc) is 2.27. The van der Waals surface area contributed by atoms with Crippen LogP contribution in [-0.2, 0) is 19.1 Å². The van der Waals surface area contributed by atoms with Gasteiger partial charge in [0.1, 0.15) is 13.2 Å². The van der Waals surface area contributed by atoms with Gasteiger partial charge in [-0.25, -0.2) is 0 Å². The maximum Gasteiger partial charge on any atom is 0.306 e. The number of rotatable bonds is 8. The molecule has 19 heavy (non-hydrogen) atoms. The van der Waals surface area contributed by atoms with Crippen molar-refractivity contribution in [1.29, 1.82) is 0 Å². The lowest BCUT2D eigenvalue weighted by atomic mass is 10.2. The Morgan fingerprint density at radius 1 is 0.789 bits per heavy atom. The highest BCUT2D eigenvalue weighted by atomic mass is 16.5. The zero-order valence-electron chi connectivity index (χ0n) is 12.3. The lowest BCUT2D eigenvalue weighted by Crippen LogP contribution is -2.08. The van der Waals surface area contributed by atoms with Gasteiger partial charge in [-0.05, 0) is 46.3 Å². The van der Waals surface area contributed by atoms with E-state index in [1.165, 1.54) is 0 Å². The van der Waals surface area contributed by atoms with Crippen molar-refractivity contribution >= 4 is 11.9 Å². The quantitative estimate of drug-likeness (QED) is 0.501. The molecule has 0 aliphatic heterocycles. The van der Waals surface area contributed by atoms with Gasteiger partial charge in [0, 0.05) is 12.8 Å². The minimum absolute atomic E-state index is 0.244. The Hall–Kier alpha value is -1.58. The van der Waals surface area contributed by atoms with E-state index in [9.17, 15) is 9.59 Å². The van der Waals surface area contributed by atoms with Gasteiger partial charge in [-0.1, -0.05) is 11.1 Å². The Morgan fingerprint density at radius 2 is 1.16 bits per heavy atom. The van der Waals surface area contributed by atoms with Gasteiger partial charge in [-0.3, -0.25) is 9.59 Å². The van der Waals surface area contributed by atoms with Gasteiger partial charge >= 0.3 is 11.9 Å². The van der Waals surface area contributed by atoms with Crippen LogP contribution < -0.4 is 0 Å². The first kappa shape index (κ1) is 17.4. The molecule has 0 spiro atoms. The van der Waals surface area contributed by atoms with Crippen LogP contribution in [0.3, 0.4) is 0 Å². The van der Waals surface area contributed by atoms with Crippen molar-refractivity contribution in [3.8, 4) is 0 Å². The van der Waals surface area contributed by atoms with E-state index in [4.69, 9.17) is 9.47 Å². The van der Waals surface area contributed by atoms with Crippen molar-refractivity contribution in [3.63, 3.8) is 0 Å². The molecule has 0 atom stereocenters. The zero-order chi connectivity index (χ0) is 14.7.